The summed E-state index contributed by atoms with van der Waals surface area (Å²) in [6.45, 7) is 6.16. The van der Waals surface area contributed by atoms with Gasteiger partial charge in [0, 0.05) is 55.9 Å². The molecule has 1 aliphatic rings. The molecule has 9 nitrogen and oxygen atoms in total. The van der Waals surface area contributed by atoms with Crippen LogP contribution in [0, 0.1) is 11.6 Å². The van der Waals surface area contributed by atoms with Gasteiger partial charge in [0.2, 0.25) is 0 Å². The quantitative estimate of drug-likeness (QED) is 0.359. The Balaban J connectivity index is 1.52. The number of hydrogen-bond acceptors (Lipinski definition) is 6. The molecule has 1 aliphatic heterocycles. The van der Waals surface area contributed by atoms with Gasteiger partial charge in [-0.25, -0.2) is 18.6 Å². The van der Waals surface area contributed by atoms with Gasteiger partial charge in [-0.05, 0) is 36.8 Å². The maximum atomic E-state index is 13.7. The van der Waals surface area contributed by atoms with Gasteiger partial charge in [-0.3, -0.25) is 15.0 Å². The molecule has 4 N–H and O–H groups in total. The molecule has 3 amide bonds. The normalized spacial score (nSPS) is 13.6. The van der Waals surface area contributed by atoms with Crippen molar-refractivity contribution >= 4 is 34.8 Å². The van der Waals surface area contributed by atoms with E-state index in [2.05, 4.69) is 31.2 Å². The van der Waals surface area contributed by atoms with Gasteiger partial charge in [0.1, 0.15) is 17.5 Å². The molecule has 1 saturated heterocycles. The molecule has 0 spiro atoms. The molecule has 0 bridgehead atoms. The highest BCUT2D eigenvalue weighted by molar-refractivity contribution is 6.08. The molecule has 11 heteroatoms. The molecule has 3 aromatic rings. The number of anilines is 4. The van der Waals surface area contributed by atoms with Crippen molar-refractivity contribution in [1.29, 1.82) is 0 Å². The lowest BCUT2D eigenvalue weighted by atomic mass is 10.1. The molecule has 37 heavy (non-hydrogen) atoms. The van der Waals surface area contributed by atoms with E-state index in [1.54, 1.807) is 19.1 Å². The fourth-order valence-corrected chi connectivity index (χ4v) is 3.82. The van der Waals surface area contributed by atoms with Crippen molar-refractivity contribution in [2.75, 3.05) is 48.8 Å². The minimum Gasteiger partial charge on any atom is -0.379 e. The Bertz CT molecular complexity index is 1230. The fraction of sp³-hybridized carbons (Fsp3) is 0.269. The van der Waals surface area contributed by atoms with Crippen LogP contribution in [0.2, 0.25) is 0 Å². The van der Waals surface area contributed by atoms with Gasteiger partial charge in [-0.1, -0.05) is 12.1 Å². The summed E-state index contributed by atoms with van der Waals surface area (Å²) in [6.07, 6.45) is 1.28. The molecule has 1 fully saturated rings. The molecule has 194 valence electrons. The molecule has 1 aromatic heterocycles. The highest BCUT2D eigenvalue weighted by atomic mass is 19.1. The number of benzene rings is 2. The average molecular weight is 511 g/mol. The van der Waals surface area contributed by atoms with Crippen molar-refractivity contribution in [2.45, 2.75) is 13.5 Å². The third-order valence-corrected chi connectivity index (χ3v) is 5.59. The number of hydrogen-bond donors (Lipinski definition) is 4. The van der Waals surface area contributed by atoms with Crippen LogP contribution in [-0.2, 0) is 11.3 Å². The zero-order valence-electron chi connectivity index (χ0n) is 20.3. The number of rotatable bonds is 8. The van der Waals surface area contributed by atoms with E-state index < -0.39 is 23.6 Å². The first-order valence-electron chi connectivity index (χ1n) is 11.9. The number of carbonyl (C=O) groups is 2. The number of carbonyl (C=O) groups excluding carboxylic acids is 2. The number of urea groups is 1. The SMILES string of the molecule is CCNC(=O)Nc1cc(Nc2cc(F)cc(F)c2)c(C(=O)Nc2ccc(CN3CCOCC3)cc2)cn1. The van der Waals surface area contributed by atoms with Crippen LogP contribution >= 0.6 is 0 Å². The largest absolute Gasteiger partial charge is 0.379 e. The average Bonchev–Trinajstić information content (AvgIpc) is 2.85. The van der Waals surface area contributed by atoms with Crippen molar-refractivity contribution in [3.05, 3.63) is 77.5 Å². The Labute approximate surface area is 213 Å². The predicted octanol–water partition coefficient (Wildman–Crippen LogP) is 4.33. The summed E-state index contributed by atoms with van der Waals surface area (Å²) >= 11 is 0. The first-order chi connectivity index (χ1) is 17.9. The summed E-state index contributed by atoms with van der Waals surface area (Å²) in [5.41, 5.74) is 2.09. The van der Waals surface area contributed by atoms with Crippen molar-refractivity contribution in [3.63, 3.8) is 0 Å². The molecule has 2 heterocycles. The second-order valence-corrected chi connectivity index (χ2v) is 8.42. The van der Waals surface area contributed by atoms with Crippen LogP contribution in [0.1, 0.15) is 22.8 Å². The number of nitrogens with one attached hydrogen (secondary N) is 4. The van der Waals surface area contributed by atoms with Crippen LogP contribution in [0.4, 0.5) is 36.5 Å². The highest BCUT2D eigenvalue weighted by Gasteiger charge is 2.16. The summed E-state index contributed by atoms with van der Waals surface area (Å²) in [4.78, 5) is 31.5. The van der Waals surface area contributed by atoms with Crippen LogP contribution in [0.15, 0.2) is 54.7 Å². The van der Waals surface area contributed by atoms with E-state index in [0.29, 0.717) is 12.2 Å². The summed E-state index contributed by atoms with van der Waals surface area (Å²) in [7, 11) is 0. The van der Waals surface area contributed by atoms with Crippen molar-refractivity contribution in [1.82, 2.24) is 15.2 Å². The lowest BCUT2D eigenvalue weighted by Crippen LogP contribution is -2.35. The Morgan fingerprint density at radius 2 is 1.68 bits per heavy atom. The second kappa shape index (κ2) is 12.2. The minimum atomic E-state index is -0.777. The van der Waals surface area contributed by atoms with Gasteiger partial charge < -0.3 is 20.7 Å². The van der Waals surface area contributed by atoms with Crippen molar-refractivity contribution in [3.8, 4) is 0 Å². The number of aromatic nitrogens is 1. The Hall–Kier alpha value is -4.09. The van der Waals surface area contributed by atoms with E-state index in [9.17, 15) is 18.4 Å². The molecule has 0 aliphatic carbocycles. The lowest BCUT2D eigenvalue weighted by molar-refractivity contribution is 0.0342. The van der Waals surface area contributed by atoms with Gasteiger partial charge in [0.25, 0.3) is 5.91 Å². The number of pyridine rings is 1. The first kappa shape index (κ1) is 26.0. The number of nitrogens with zero attached hydrogens (tertiary/aromatic N) is 2. The number of morpholine rings is 1. The van der Waals surface area contributed by atoms with Crippen molar-refractivity contribution < 1.29 is 23.1 Å². The predicted molar refractivity (Wildman–Crippen MR) is 137 cm³/mol. The standard InChI is InChI=1S/C26H28F2N6O3/c1-2-29-26(36)33-24-14-23(31-21-12-18(27)11-19(28)13-21)22(15-30-24)25(35)32-20-5-3-17(4-6-20)16-34-7-9-37-10-8-34/h3-6,11-15H,2,7-10,16H2,1H3,(H,32,35)(H3,29,30,31,33,36). The monoisotopic (exact) mass is 510 g/mol. The van der Waals surface area contributed by atoms with E-state index >= 15 is 0 Å². The number of halogens is 2. The lowest BCUT2D eigenvalue weighted by Gasteiger charge is -2.26. The Morgan fingerprint density at radius 1 is 0.973 bits per heavy atom. The number of ether oxygens (including phenoxy) is 1. The topological polar surface area (TPSA) is 108 Å². The third-order valence-electron chi connectivity index (χ3n) is 5.59. The highest BCUT2D eigenvalue weighted by Crippen LogP contribution is 2.26. The molecule has 2 aromatic carbocycles. The smallest absolute Gasteiger partial charge is 0.320 e. The fourth-order valence-electron chi connectivity index (χ4n) is 3.82. The Morgan fingerprint density at radius 3 is 2.35 bits per heavy atom. The van der Waals surface area contributed by atoms with Crippen LogP contribution in [0.5, 0.6) is 0 Å². The van der Waals surface area contributed by atoms with Gasteiger partial charge in [-0.2, -0.15) is 0 Å². The van der Waals surface area contributed by atoms with Crippen LogP contribution < -0.4 is 21.3 Å². The second-order valence-electron chi connectivity index (χ2n) is 8.42. The van der Waals surface area contributed by atoms with E-state index in [-0.39, 0.29) is 22.8 Å². The molecule has 0 saturated carbocycles. The van der Waals surface area contributed by atoms with Gasteiger partial charge in [0.15, 0.2) is 0 Å². The number of amides is 3. The van der Waals surface area contributed by atoms with E-state index in [4.69, 9.17) is 4.74 Å². The summed E-state index contributed by atoms with van der Waals surface area (Å²) in [6, 6.07) is 11.4. The molecule has 0 atom stereocenters. The third kappa shape index (κ3) is 7.45. The molecule has 0 radical (unpaired) electrons. The molecular formula is C26H28F2N6O3. The first-order valence-corrected chi connectivity index (χ1v) is 11.9. The summed E-state index contributed by atoms with van der Waals surface area (Å²) in [5.74, 6) is -1.90. The zero-order valence-corrected chi connectivity index (χ0v) is 20.3. The van der Waals surface area contributed by atoms with E-state index in [0.717, 1.165) is 56.6 Å². The van der Waals surface area contributed by atoms with Gasteiger partial charge in [0.05, 0.1) is 24.5 Å². The van der Waals surface area contributed by atoms with Crippen molar-refractivity contribution in [2.24, 2.45) is 0 Å². The Kier molecular flexibility index (Phi) is 8.60. The molecule has 0 unspecified atom stereocenters. The summed E-state index contributed by atoms with van der Waals surface area (Å²) < 4.78 is 32.9. The van der Waals surface area contributed by atoms with Gasteiger partial charge >= 0.3 is 6.03 Å². The maximum Gasteiger partial charge on any atom is 0.320 e. The molecular weight excluding hydrogens is 482 g/mol. The van der Waals surface area contributed by atoms with Gasteiger partial charge in [-0.15, -0.1) is 0 Å². The minimum absolute atomic E-state index is 0.0918. The van der Waals surface area contributed by atoms with E-state index in [1.165, 1.54) is 12.3 Å². The van der Waals surface area contributed by atoms with Crippen LogP contribution in [0.25, 0.3) is 0 Å². The van der Waals surface area contributed by atoms with Crippen LogP contribution in [-0.4, -0.2) is 54.7 Å². The van der Waals surface area contributed by atoms with E-state index in [1.807, 2.05) is 12.1 Å². The maximum absolute atomic E-state index is 13.7. The molecule has 4 rings (SSSR count). The zero-order chi connectivity index (χ0) is 26.2. The summed E-state index contributed by atoms with van der Waals surface area (Å²) in [5, 5.41) is 10.8. The van der Waals surface area contributed by atoms with Crippen LogP contribution in [0.3, 0.4) is 0 Å².